The molecule has 1 aliphatic rings. The Labute approximate surface area is 121 Å². The van der Waals surface area contributed by atoms with Gasteiger partial charge in [-0.1, -0.05) is 25.3 Å². The van der Waals surface area contributed by atoms with Gasteiger partial charge in [0.25, 0.3) is 0 Å². The van der Waals surface area contributed by atoms with E-state index in [0.29, 0.717) is 0 Å². The minimum atomic E-state index is 0.0864. The maximum Gasteiger partial charge on any atom is 0.317 e. The van der Waals surface area contributed by atoms with E-state index in [1.54, 1.807) is 6.20 Å². The molecule has 2 heterocycles. The first-order valence-corrected chi connectivity index (χ1v) is 7.70. The van der Waals surface area contributed by atoms with Gasteiger partial charge in [-0.05, 0) is 37.8 Å². The molecule has 0 bridgehead atoms. The molecule has 1 atom stereocenters. The highest BCUT2D eigenvalue weighted by atomic mass is 16.2. The van der Waals surface area contributed by atoms with E-state index in [1.807, 2.05) is 23.2 Å². The maximum absolute atomic E-state index is 12.3. The number of carbonyl (C=O) groups excluding carboxylic acids is 1. The molecule has 4 heteroatoms. The van der Waals surface area contributed by atoms with Gasteiger partial charge >= 0.3 is 6.03 Å². The topological polar surface area (TPSA) is 45.2 Å². The Bertz CT molecular complexity index is 399. The summed E-state index contributed by atoms with van der Waals surface area (Å²) in [5.41, 5.74) is 1.16. The lowest BCUT2D eigenvalue weighted by Gasteiger charge is -2.26. The number of carbonyl (C=O) groups is 1. The van der Waals surface area contributed by atoms with Crippen LogP contribution in [0, 0.1) is 0 Å². The highest BCUT2D eigenvalue weighted by Gasteiger charge is 2.16. The molecular weight excluding hydrogens is 250 g/mol. The van der Waals surface area contributed by atoms with Gasteiger partial charge in [0.05, 0.1) is 0 Å². The van der Waals surface area contributed by atoms with Gasteiger partial charge in [0.1, 0.15) is 0 Å². The highest BCUT2D eigenvalue weighted by molar-refractivity contribution is 5.74. The van der Waals surface area contributed by atoms with E-state index < -0.39 is 0 Å². The molecule has 1 aromatic rings. The Morgan fingerprint density at radius 3 is 2.65 bits per heavy atom. The van der Waals surface area contributed by atoms with Crippen LogP contribution >= 0.6 is 0 Å². The number of nitrogens with zero attached hydrogens (tertiary/aromatic N) is 2. The first-order valence-electron chi connectivity index (χ1n) is 7.70. The van der Waals surface area contributed by atoms with Crippen LogP contribution in [0.5, 0.6) is 0 Å². The molecular formula is C16H25N3O. The third-order valence-corrected chi connectivity index (χ3v) is 3.78. The number of nitrogens with one attached hydrogen (secondary N) is 1. The molecule has 2 amide bonds. The Morgan fingerprint density at radius 2 is 2.00 bits per heavy atom. The molecule has 0 aliphatic carbocycles. The van der Waals surface area contributed by atoms with Crippen LogP contribution in [-0.2, 0) is 6.42 Å². The average molecular weight is 275 g/mol. The van der Waals surface area contributed by atoms with Crippen molar-refractivity contribution >= 4 is 6.03 Å². The molecule has 4 nitrogen and oxygen atoms in total. The number of hydrogen-bond acceptors (Lipinski definition) is 2. The number of pyridine rings is 1. The van der Waals surface area contributed by atoms with Crippen LogP contribution in [0.1, 0.15) is 44.6 Å². The third kappa shape index (κ3) is 4.83. The molecule has 1 saturated heterocycles. The Kier molecular flexibility index (Phi) is 5.84. The number of aromatic nitrogens is 1. The van der Waals surface area contributed by atoms with Crippen molar-refractivity contribution in [1.29, 1.82) is 0 Å². The molecule has 2 rings (SSSR count). The number of likely N-dealkylation sites (tertiary alicyclic amines) is 1. The Hall–Kier alpha value is -1.58. The van der Waals surface area contributed by atoms with E-state index in [9.17, 15) is 4.79 Å². The number of urea groups is 1. The van der Waals surface area contributed by atoms with Gasteiger partial charge in [-0.15, -0.1) is 0 Å². The molecule has 1 aromatic heterocycles. The van der Waals surface area contributed by atoms with E-state index in [-0.39, 0.29) is 12.1 Å². The molecule has 0 radical (unpaired) electrons. The van der Waals surface area contributed by atoms with Crippen molar-refractivity contribution in [2.75, 3.05) is 13.1 Å². The summed E-state index contributed by atoms with van der Waals surface area (Å²) in [6, 6.07) is 4.20. The quantitative estimate of drug-likeness (QED) is 0.921. The smallest absolute Gasteiger partial charge is 0.317 e. The van der Waals surface area contributed by atoms with E-state index in [2.05, 4.69) is 17.2 Å². The van der Waals surface area contributed by atoms with Crippen molar-refractivity contribution in [1.82, 2.24) is 15.2 Å². The summed E-state index contributed by atoms with van der Waals surface area (Å²) in [5, 5.41) is 3.11. The van der Waals surface area contributed by atoms with Gasteiger partial charge in [0.2, 0.25) is 0 Å². The fourth-order valence-corrected chi connectivity index (χ4v) is 2.68. The number of hydrogen-bond donors (Lipinski definition) is 1. The fraction of sp³-hybridized carbons (Fsp3) is 0.625. The van der Waals surface area contributed by atoms with Crippen LogP contribution in [0.2, 0.25) is 0 Å². The summed E-state index contributed by atoms with van der Waals surface area (Å²) < 4.78 is 0. The van der Waals surface area contributed by atoms with Gasteiger partial charge in [-0.25, -0.2) is 4.79 Å². The Morgan fingerprint density at radius 1 is 1.30 bits per heavy atom. The van der Waals surface area contributed by atoms with Gasteiger partial charge in [-0.2, -0.15) is 0 Å². The molecule has 1 fully saturated rings. The SMILES string of the molecule is CC(Cc1cccnc1)NC(=O)N1CCCCCCC1. The van der Waals surface area contributed by atoms with Crippen molar-refractivity contribution in [2.45, 2.75) is 51.5 Å². The summed E-state index contributed by atoms with van der Waals surface area (Å²) in [7, 11) is 0. The predicted molar refractivity (Wildman–Crippen MR) is 80.6 cm³/mol. The molecule has 20 heavy (non-hydrogen) atoms. The molecule has 110 valence electrons. The van der Waals surface area contributed by atoms with Crippen LogP contribution in [0.4, 0.5) is 4.79 Å². The van der Waals surface area contributed by atoms with E-state index in [1.165, 1.54) is 19.3 Å². The fourth-order valence-electron chi connectivity index (χ4n) is 2.68. The minimum absolute atomic E-state index is 0.0864. The van der Waals surface area contributed by atoms with Crippen molar-refractivity contribution in [3.63, 3.8) is 0 Å². The number of amides is 2. The molecule has 1 unspecified atom stereocenters. The van der Waals surface area contributed by atoms with Crippen molar-refractivity contribution in [2.24, 2.45) is 0 Å². The summed E-state index contributed by atoms with van der Waals surface area (Å²) in [4.78, 5) is 18.3. The van der Waals surface area contributed by atoms with Gasteiger partial charge in [-0.3, -0.25) is 4.98 Å². The lowest BCUT2D eigenvalue weighted by Crippen LogP contribution is -2.45. The number of rotatable bonds is 3. The predicted octanol–water partition coefficient (Wildman–Crippen LogP) is 2.99. The highest BCUT2D eigenvalue weighted by Crippen LogP contribution is 2.11. The Balaban J connectivity index is 1.80. The second-order valence-corrected chi connectivity index (χ2v) is 5.67. The summed E-state index contributed by atoms with van der Waals surface area (Å²) in [6.07, 6.45) is 10.5. The standard InChI is InChI=1S/C16H25N3O/c1-14(12-15-8-7-9-17-13-15)18-16(20)19-10-5-3-2-4-6-11-19/h7-9,13-14H,2-6,10-12H2,1H3,(H,18,20). The van der Waals surface area contributed by atoms with Gasteiger partial charge in [0, 0.05) is 31.5 Å². The van der Waals surface area contributed by atoms with Gasteiger partial charge < -0.3 is 10.2 Å². The van der Waals surface area contributed by atoms with Crippen molar-refractivity contribution in [3.8, 4) is 0 Å². The zero-order valence-corrected chi connectivity index (χ0v) is 12.3. The summed E-state index contributed by atoms with van der Waals surface area (Å²) >= 11 is 0. The lowest BCUT2D eigenvalue weighted by molar-refractivity contribution is 0.189. The van der Waals surface area contributed by atoms with E-state index >= 15 is 0 Å². The van der Waals surface area contributed by atoms with Crippen LogP contribution in [-0.4, -0.2) is 35.0 Å². The zero-order valence-electron chi connectivity index (χ0n) is 12.3. The minimum Gasteiger partial charge on any atom is -0.335 e. The first kappa shape index (κ1) is 14.8. The molecule has 1 aliphatic heterocycles. The van der Waals surface area contributed by atoms with Gasteiger partial charge in [0.15, 0.2) is 0 Å². The van der Waals surface area contributed by atoms with Crippen molar-refractivity contribution in [3.05, 3.63) is 30.1 Å². The molecule has 0 spiro atoms. The van der Waals surface area contributed by atoms with Crippen LogP contribution in [0.25, 0.3) is 0 Å². The normalized spacial score (nSPS) is 17.9. The monoisotopic (exact) mass is 275 g/mol. The average Bonchev–Trinajstić information content (AvgIpc) is 2.38. The summed E-state index contributed by atoms with van der Waals surface area (Å²) in [6.45, 7) is 3.84. The molecule has 0 aromatic carbocycles. The van der Waals surface area contributed by atoms with E-state index in [4.69, 9.17) is 0 Å². The third-order valence-electron chi connectivity index (χ3n) is 3.78. The second kappa shape index (κ2) is 7.88. The summed E-state index contributed by atoms with van der Waals surface area (Å²) in [5.74, 6) is 0. The van der Waals surface area contributed by atoms with Crippen LogP contribution in [0.3, 0.4) is 0 Å². The maximum atomic E-state index is 12.3. The molecule has 1 N–H and O–H groups in total. The molecule has 0 saturated carbocycles. The first-order chi connectivity index (χ1) is 9.75. The zero-order chi connectivity index (χ0) is 14.2. The van der Waals surface area contributed by atoms with Crippen molar-refractivity contribution < 1.29 is 4.79 Å². The van der Waals surface area contributed by atoms with E-state index in [0.717, 1.165) is 37.9 Å². The second-order valence-electron chi connectivity index (χ2n) is 5.67. The lowest BCUT2D eigenvalue weighted by atomic mass is 10.1. The van der Waals surface area contributed by atoms with Crippen LogP contribution in [0.15, 0.2) is 24.5 Å². The largest absolute Gasteiger partial charge is 0.335 e. The van der Waals surface area contributed by atoms with Crippen LogP contribution < -0.4 is 5.32 Å².